The molecule has 0 unspecified atom stereocenters. The molecule has 0 aliphatic carbocycles. The summed E-state index contributed by atoms with van der Waals surface area (Å²) in [4.78, 5) is 28.7. The highest BCUT2D eigenvalue weighted by Crippen LogP contribution is 2.20. The zero-order valence-corrected chi connectivity index (χ0v) is 22.0. The molecule has 7 heteroatoms. The minimum absolute atomic E-state index is 0.196. The first-order valence-electron chi connectivity index (χ1n) is 12.4. The molecule has 3 rings (SSSR count). The van der Waals surface area contributed by atoms with Gasteiger partial charge in [-0.3, -0.25) is 9.59 Å². The quantitative estimate of drug-likeness (QED) is 0.371. The first-order valence-corrected chi connectivity index (χ1v) is 12.4. The summed E-state index contributed by atoms with van der Waals surface area (Å²) in [6.07, 6.45) is 0.378. The summed E-state index contributed by atoms with van der Waals surface area (Å²) in [6, 6.07) is 23.5. The van der Waals surface area contributed by atoms with E-state index in [2.05, 4.69) is 5.32 Å². The Balaban J connectivity index is 1.89. The van der Waals surface area contributed by atoms with E-state index in [-0.39, 0.29) is 30.9 Å². The molecule has 2 amide bonds. The fourth-order valence-corrected chi connectivity index (χ4v) is 3.84. The van der Waals surface area contributed by atoms with Crippen LogP contribution in [0.25, 0.3) is 0 Å². The van der Waals surface area contributed by atoms with Crippen LogP contribution in [0.2, 0.25) is 0 Å². The molecule has 3 aromatic rings. The van der Waals surface area contributed by atoms with Gasteiger partial charge in [-0.15, -0.1) is 0 Å². The highest BCUT2D eigenvalue weighted by Gasteiger charge is 2.30. The first kappa shape index (κ1) is 27.6. The first-order chi connectivity index (χ1) is 17.9. The second-order valence-electron chi connectivity index (χ2n) is 9.18. The van der Waals surface area contributed by atoms with Crippen molar-refractivity contribution >= 4 is 11.8 Å². The molecule has 1 atom stereocenters. The van der Waals surface area contributed by atoms with Gasteiger partial charge < -0.3 is 24.4 Å². The van der Waals surface area contributed by atoms with Crippen LogP contribution in [0.1, 0.15) is 25.0 Å². The molecule has 0 fully saturated rings. The Morgan fingerprint density at radius 3 is 2.11 bits per heavy atom. The average Bonchev–Trinajstić information content (AvgIpc) is 2.93. The molecule has 196 valence electrons. The van der Waals surface area contributed by atoms with Crippen LogP contribution in [0.3, 0.4) is 0 Å². The van der Waals surface area contributed by atoms with Crippen molar-refractivity contribution in [3.63, 3.8) is 0 Å². The number of amides is 2. The summed E-state index contributed by atoms with van der Waals surface area (Å²) in [7, 11) is 3.19. The van der Waals surface area contributed by atoms with E-state index in [4.69, 9.17) is 14.2 Å². The molecular weight excluding hydrogens is 468 g/mol. The van der Waals surface area contributed by atoms with Crippen LogP contribution >= 0.6 is 0 Å². The lowest BCUT2D eigenvalue weighted by molar-refractivity contribution is -0.142. The number of rotatable bonds is 13. The van der Waals surface area contributed by atoms with Gasteiger partial charge in [-0.1, -0.05) is 56.3 Å². The number of hydrogen-bond acceptors (Lipinski definition) is 5. The average molecular weight is 505 g/mol. The molecule has 7 nitrogen and oxygen atoms in total. The Morgan fingerprint density at radius 1 is 0.811 bits per heavy atom. The number of carbonyl (C=O) groups excluding carboxylic acids is 2. The van der Waals surface area contributed by atoms with Crippen molar-refractivity contribution in [1.29, 1.82) is 0 Å². The van der Waals surface area contributed by atoms with Crippen LogP contribution in [0, 0.1) is 5.92 Å². The molecule has 0 heterocycles. The van der Waals surface area contributed by atoms with Gasteiger partial charge in [0.1, 0.15) is 23.3 Å². The molecule has 3 aromatic carbocycles. The van der Waals surface area contributed by atoms with Crippen molar-refractivity contribution in [1.82, 2.24) is 10.2 Å². The largest absolute Gasteiger partial charge is 0.497 e. The zero-order chi connectivity index (χ0) is 26.6. The third kappa shape index (κ3) is 8.56. The molecule has 0 spiro atoms. The van der Waals surface area contributed by atoms with Crippen LogP contribution in [0.4, 0.5) is 0 Å². The lowest BCUT2D eigenvalue weighted by Crippen LogP contribution is -2.52. The highest BCUT2D eigenvalue weighted by atomic mass is 16.5. The smallest absolute Gasteiger partial charge is 0.261 e. The monoisotopic (exact) mass is 504 g/mol. The molecule has 0 aliphatic rings. The predicted molar refractivity (Wildman–Crippen MR) is 144 cm³/mol. The minimum Gasteiger partial charge on any atom is -0.497 e. The SMILES string of the molecule is COc1ccc(OCC(=O)N(Cc2cccc(OC)c2)[C@H](Cc2ccccc2)C(=O)NCC(C)C)cc1. The van der Waals surface area contributed by atoms with E-state index in [0.717, 1.165) is 11.1 Å². The van der Waals surface area contributed by atoms with E-state index in [9.17, 15) is 9.59 Å². The van der Waals surface area contributed by atoms with E-state index in [1.54, 1.807) is 43.4 Å². The predicted octanol–water partition coefficient (Wildman–Crippen LogP) is 4.49. The molecule has 1 N–H and O–H groups in total. The Labute approximate surface area is 219 Å². The van der Waals surface area contributed by atoms with Crippen molar-refractivity contribution < 1.29 is 23.8 Å². The third-order valence-electron chi connectivity index (χ3n) is 5.86. The summed E-state index contributed by atoms with van der Waals surface area (Å²) in [5.74, 6) is 1.71. The number of benzene rings is 3. The summed E-state index contributed by atoms with van der Waals surface area (Å²) in [5.41, 5.74) is 1.82. The van der Waals surface area contributed by atoms with Gasteiger partial charge in [0.15, 0.2) is 6.61 Å². The molecular formula is C30H36N2O5. The van der Waals surface area contributed by atoms with Gasteiger partial charge >= 0.3 is 0 Å². The standard InChI is InChI=1S/C30H36N2O5/c1-22(2)19-31-30(34)28(18-23-9-6-5-7-10-23)32(20-24-11-8-12-27(17-24)36-4)29(33)21-37-26-15-13-25(35-3)14-16-26/h5-17,22,28H,18-21H2,1-4H3,(H,31,34)/t28-/m1/s1. The van der Waals surface area contributed by atoms with Crippen molar-refractivity contribution in [3.8, 4) is 17.2 Å². The molecule has 0 saturated carbocycles. The second kappa shape index (κ2) is 13.9. The van der Waals surface area contributed by atoms with Crippen molar-refractivity contribution in [2.24, 2.45) is 5.92 Å². The fourth-order valence-electron chi connectivity index (χ4n) is 3.84. The Morgan fingerprint density at radius 2 is 1.46 bits per heavy atom. The normalized spacial score (nSPS) is 11.5. The summed E-state index contributed by atoms with van der Waals surface area (Å²) < 4.78 is 16.4. The topological polar surface area (TPSA) is 77.1 Å². The Kier molecular flexibility index (Phi) is 10.4. The summed E-state index contributed by atoms with van der Waals surface area (Å²) in [6.45, 7) is 4.62. The number of ether oxygens (including phenoxy) is 3. The van der Waals surface area contributed by atoms with E-state index in [1.807, 2.05) is 68.4 Å². The maximum Gasteiger partial charge on any atom is 0.261 e. The lowest BCUT2D eigenvalue weighted by atomic mass is 10.0. The zero-order valence-electron chi connectivity index (χ0n) is 22.0. The number of nitrogens with one attached hydrogen (secondary N) is 1. The van der Waals surface area contributed by atoms with Crippen LogP contribution in [0.15, 0.2) is 78.9 Å². The minimum atomic E-state index is -0.723. The van der Waals surface area contributed by atoms with Crippen molar-refractivity contribution in [3.05, 3.63) is 90.0 Å². The summed E-state index contributed by atoms with van der Waals surface area (Å²) >= 11 is 0. The number of hydrogen-bond donors (Lipinski definition) is 1. The number of methoxy groups -OCH3 is 2. The van der Waals surface area contributed by atoms with E-state index < -0.39 is 6.04 Å². The van der Waals surface area contributed by atoms with Gasteiger partial charge in [0, 0.05) is 19.5 Å². The van der Waals surface area contributed by atoms with E-state index in [1.165, 1.54) is 0 Å². The molecule has 37 heavy (non-hydrogen) atoms. The van der Waals surface area contributed by atoms with Gasteiger partial charge in [-0.2, -0.15) is 0 Å². The van der Waals surface area contributed by atoms with Crippen molar-refractivity contribution in [2.45, 2.75) is 32.9 Å². The molecule has 0 aliphatic heterocycles. The van der Waals surface area contributed by atoms with Crippen LogP contribution in [-0.2, 0) is 22.6 Å². The Bertz CT molecular complexity index is 1130. The number of nitrogens with zero attached hydrogens (tertiary/aromatic N) is 1. The molecule has 0 saturated heterocycles. The third-order valence-corrected chi connectivity index (χ3v) is 5.86. The maximum atomic E-state index is 13.6. The molecule has 0 aromatic heterocycles. The van der Waals surface area contributed by atoms with E-state index >= 15 is 0 Å². The van der Waals surface area contributed by atoms with Crippen molar-refractivity contribution in [2.75, 3.05) is 27.4 Å². The van der Waals surface area contributed by atoms with Crippen LogP contribution in [0.5, 0.6) is 17.2 Å². The van der Waals surface area contributed by atoms with Gasteiger partial charge in [0.25, 0.3) is 5.91 Å². The van der Waals surface area contributed by atoms with Gasteiger partial charge in [-0.05, 0) is 53.4 Å². The van der Waals surface area contributed by atoms with Crippen LogP contribution in [-0.4, -0.2) is 50.1 Å². The fraction of sp³-hybridized carbons (Fsp3) is 0.333. The Hall–Kier alpha value is -4.00. The lowest BCUT2D eigenvalue weighted by Gasteiger charge is -2.31. The molecule has 0 radical (unpaired) electrons. The van der Waals surface area contributed by atoms with E-state index in [0.29, 0.717) is 30.2 Å². The van der Waals surface area contributed by atoms with Gasteiger partial charge in [0.05, 0.1) is 14.2 Å². The second-order valence-corrected chi connectivity index (χ2v) is 9.18. The maximum absolute atomic E-state index is 13.6. The van der Waals surface area contributed by atoms with Crippen LogP contribution < -0.4 is 19.5 Å². The number of carbonyl (C=O) groups is 2. The van der Waals surface area contributed by atoms with Gasteiger partial charge in [-0.25, -0.2) is 0 Å². The highest BCUT2D eigenvalue weighted by molar-refractivity contribution is 5.88. The van der Waals surface area contributed by atoms with Gasteiger partial charge in [0.2, 0.25) is 5.91 Å². The summed E-state index contributed by atoms with van der Waals surface area (Å²) in [5, 5.41) is 3.02. The molecule has 0 bridgehead atoms.